The standard InChI is InChI=1S/C16H21N5O3S.C13H13NO.C3H8N4O2S/c17-21-18-8-3-9-25(23,24)20-16(22)19-15-13-6-1-4-11(13)10-12-5-2-7-14(12)15;14-8-15-13-11-5-1-3-9(11)7-10-4-2-6-12(10)13;4-7-6-2-1-3-10(5,8)9/h10H,1-9H2,(H2,19,20,22);7H,1-6H2;1-3H2,(H2,5,8,9). The summed E-state index contributed by atoms with van der Waals surface area (Å²) in [6.45, 7) is 0.256. The minimum absolute atomic E-state index is 0.0821. The van der Waals surface area contributed by atoms with Crippen LogP contribution in [0, 0.1) is 11.5 Å². The van der Waals surface area contributed by atoms with Crippen molar-refractivity contribution in [1.82, 2.24) is 4.72 Å². The van der Waals surface area contributed by atoms with Gasteiger partial charge in [-0.2, -0.15) is 0 Å². The van der Waals surface area contributed by atoms with E-state index in [1.807, 2.05) is 6.26 Å². The number of amides is 2. The molecule has 268 valence electrons. The van der Waals surface area contributed by atoms with Gasteiger partial charge in [-0.25, -0.2) is 31.5 Å². The van der Waals surface area contributed by atoms with E-state index in [0.717, 1.165) is 86.8 Å². The molecule has 2 amide bonds. The highest BCUT2D eigenvalue weighted by Crippen LogP contribution is 2.40. The number of benzene rings is 2. The van der Waals surface area contributed by atoms with E-state index in [2.05, 4.69) is 47.4 Å². The summed E-state index contributed by atoms with van der Waals surface area (Å²) in [5.41, 5.74) is 27.1. The quantitative estimate of drug-likeness (QED) is 0.0901. The van der Waals surface area contributed by atoms with Crippen LogP contribution in [0.15, 0.2) is 22.4 Å². The number of rotatable bonds is 11. The Morgan fingerprint density at radius 3 is 1.66 bits per heavy atom. The Balaban J connectivity index is 0.000000190. The smallest absolute Gasteiger partial charge is 0.332 e. The van der Waals surface area contributed by atoms with Crippen LogP contribution in [0.4, 0.5) is 10.5 Å². The van der Waals surface area contributed by atoms with Gasteiger partial charge in [0.25, 0.3) is 6.26 Å². The zero-order valence-electron chi connectivity index (χ0n) is 27.9. The lowest BCUT2D eigenvalue weighted by Gasteiger charge is -2.16. The molecule has 0 fully saturated rings. The van der Waals surface area contributed by atoms with E-state index in [9.17, 15) is 21.6 Å². The van der Waals surface area contributed by atoms with Gasteiger partial charge in [0.05, 0.1) is 11.5 Å². The van der Waals surface area contributed by atoms with Crippen LogP contribution < -0.4 is 19.9 Å². The number of carbonyl (C=O) groups is 1. The van der Waals surface area contributed by atoms with Crippen molar-refractivity contribution in [1.29, 1.82) is 5.26 Å². The number of fused-ring (bicyclic) bond motifs is 4. The summed E-state index contributed by atoms with van der Waals surface area (Å²) in [5.74, 6) is 0.510. The highest BCUT2D eigenvalue weighted by molar-refractivity contribution is 7.90. The Bertz CT molecular complexity index is 1880. The Kier molecular flexibility index (Phi) is 13.7. The monoisotopic (exact) mass is 726 g/mol. The maximum atomic E-state index is 12.2. The molecule has 0 atom stereocenters. The lowest BCUT2D eigenvalue weighted by molar-refractivity contribution is 0.256. The number of hydrogen-bond donors (Lipinski definition) is 3. The third-order valence-electron chi connectivity index (χ3n) is 9.01. The molecule has 0 saturated heterocycles. The van der Waals surface area contributed by atoms with Crippen LogP contribution in [0.1, 0.15) is 83.0 Å². The molecule has 2 aromatic carbocycles. The van der Waals surface area contributed by atoms with Gasteiger partial charge < -0.3 is 10.1 Å². The summed E-state index contributed by atoms with van der Waals surface area (Å²) >= 11 is 0. The van der Waals surface area contributed by atoms with Gasteiger partial charge in [-0.15, -0.1) is 5.26 Å². The molecule has 18 heteroatoms. The third kappa shape index (κ3) is 10.7. The average molecular weight is 727 g/mol. The number of primary sulfonamides is 1. The van der Waals surface area contributed by atoms with Crippen LogP contribution in [0.2, 0.25) is 0 Å². The predicted molar refractivity (Wildman–Crippen MR) is 188 cm³/mol. The zero-order valence-corrected chi connectivity index (χ0v) is 29.5. The van der Waals surface area contributed by atoms with Crippen LogP contribution >= 0.6 is 0 Å². The number of nitrogens with one attached hydrogen (secondary N) is 2. The van der Waals surface area contributed by atoms with Gasteiger partial charge in [0.2, 0.25) is 20.0 Å². The largest absolute Gasteiger partial charge is 0.387 e. The van der Waals surface area contributed by atoms with Crippen molar-refractivity contribution in [3.05, 3.63) is 77.5 Å². The first-order chi connectivity index (χ1) is 24.0. The van der Waals surface area contributed by atoms with Crippen molar-refractivity contribution < 1.29 is 26.4 Å². The van der Waals surface area contributed by atoms with Crippen molar-refractivity contribution in [3.8, 4) is 12.0 Å². The fourth-order valence-corrected chi connectivity index (χ4v) is 8.46. The maximum Gasteiger partial charge on any atom is 0.332 e. The number of azide groups is 2. The molecule has 50 heavy (non-hydrogen) atoms. The Labute approximate surface area is 292 Å². The fourth-order valence-electron chi connectivity index (χ4n) is 6.98. The summed E-state index contributed by atoms with van der Waals surface area (Å²) in [6.07, 6.45) is 15.2. The first-order valence-corrected chi connectivity index (χ1v) is 20.1. The Morgan fingerprint density at radius 2 is 1.22 bits per heavy atom. The molecular weight excluding hydrogens is 685 g/mol. The van der Waals surface area contributed by atoms with E-state index < -0.39 is 26.1 Å². The highest BCUT2D eigenvalue weighted by atomic mass is 32.2. The average Bonchev–Trinajstić information content (AvgIpc) is 3.88. The molecule has 6 rings (SSSR count). The summed E-state index contributed by atoms with van der Waals surface area (Å²) in [7, 11) is -7.14. The minimum atomic E-state index is -3.75. The van der Waals surface area contributed by atoms with Crippen molar-refractivity contribution in [3.63, 3.8) is 0 Å². The molecule has 4 N–H and O–H groups in total. The fraction of sp³-hybridized carbons (Fsp3) is 0.562. The molecule has 0 aromatic heterocycles. The van der Waals surface area contributed by atoms with Crippen molar-refractivity contribution in [2.24, 2.45) is 15.4 Å². The molecule has 2 aromatic rings. The van der Waals surface area contributed by atoms with Crippen LogP contribution in [0.5, 0.6) is 5.75 Å². The van der Waals surface area contributed by atoms with E-state index >= 15 is 0 Å². The molecule has 0 bridgehead atoms. The van der Waals surface area contributed by atoms with Gasteiger partial charge in [0.1, 0.15) is 5.75 Å². The topological polar surface area (TPSA) is 266 Å². The van der Waals surface area contributed by atoms with Gasteiger partial charge in [0, 0.05) is 28.6 Å². The first kappa shape index (κ1) is 38.3. The zero-order chi connectivity index (χ0) is 36.1. The number of nitriles is 1. The summed E-state index contributed by atoms with van der Waals surface area (Å²) < 4.78 is 51.6. The summed E-state index contributed by atoms with van der Waals surface area (Å²) in [6, 6.07) is 3.87. The molecule has 0 aliphatic heterocycles. The molecule has 0 heterocycles. The van der Waals surface area contributed by atoms with Crippen molar-refractivity contribution in [2.75, 3.05) is 29.9 Å². The number of aryl methyl sites for hydroxylation is 4. The van der Waals surface area contributed by atoms with Gasteiger partial charge in [-0.3, -0.25) is 0 Å². The van der Waals surface area contributed by atoms with E-state index in [4.69, 9.17) is 21.1 Å². The number of hydrogen-bond acceptors (Lipinski definition) is 9. The molecule has 0 saturated carbocycles. The van der Waals surface area contributed by atoms with Gasteiger partial charge in [-0.05, 0) is 145 Å². The summed E-state index contributed by atoms with van der Waals surface area (Å²) in [5, 5.41) is 22.6. The Morgan fingerprint density at radius 1 is 0.780 bits per heavy atom. The normalized spacial score (nSPS) is 14.8. The molecule has 0 radical (unpaired) electrons. The molecule has 4 aliphatic rings. The van der Waals surface area contributed by atoms with Crippen molar-refractivity contribution >= 4 is 31.8 Å². The third-order valence-corrected chi connectivity index (χ3v) is 11.2. The second kappa shape index (κ2) is 17.9. The molecule has 16 nitrogen and oxygen atoms in total. The Hall–Kier alpha value is -4.52. The van der Waals surface area contributed by atoms with Gasteiger partial charge in [-0.1, -0.05) is 22.4 Å². The van der Waals surface area contributed by atoms with E-state index in [1.165, 1.54) is 46.2 Å². The number of carbonyl (C=O) groups excluding carboxylic acids is 1. The lowest BCUT2D eigenvalue weighted by atomic mass is 9.99. The van der Waals surface area contributed by atoms with Crippen LogP contribution in [-0.4, -0.2) is 47.5 Å². The number of urea groups is 1. The van der Waals surface area contributed by atoms with Crippen LogP contribution in [0.25, 0.3) is 20.9 Å². The predicted octanol–water partition coefficient (Wildman–Crippen LogP) is 5.31. The number of ether oxygens (including phenoxy) is 1. The highest BCUT2D eigenvalue weighted by Gasteiger charge is 2.27. The van der Waals surface area contributed by atoms with Crippen molar-refractivity contribution in [2.45, 2.75) is 89.9 Å². The van der Waals surface area contributed by atoms with Gasteiger partial charge >= 0.3 is 6.03 Å². The number of nitrogens with two attached hydrogens (primary N) is 1. The molecule has 0 unspecified atom stereocenters. The maximum absolute atomic E-state index is 12.2. The second-order valence-corrected chi connectivity index (χ2v) is 16.0. The summed E-state index contributed by atoms with van der Waals surface area (Å²) in [4.78, 5) is 17.2. The van der Waals surface area contributed by atoms with E-state index in [-0.39, 0.29) is 37.4 Å². The molecular formula is C32H42N10O6S2. The van der Waals surface area contributed by atoms with Crippen LogP contribution in [0.3, 0.4) is 0 Å². The molecule has 4 aliphatic carbocycles. The lowest BCUT2D eigenvalue weighted by Crippen LogP contribution is -2.36. The van der Waals surface area contributed by atoms with E-state index in [1.54, 1.807) is 0 Å². The first-order valence-electron chi connectivity index (χ1n) is 16.7. The minimum Gasteiger partial charge on any atom is -0.387 e. The second-order valence-electron chi connectivity index (χ2n) is 12.5. The number of nitrogens with zero attached hydrogens (tertiary/aromatic N) is 7. The molecule has 0 spiro atoms. The number of sulfonamides is 2. The van der Waals surface area contributed by atoms with Crippen LogP contribution in [-0.2, 0) is 71.4 Å². The number of anilines is 1. The van der Waals surface area contributed by atoms with E-state index in [0.29, 0.717) is 0 Å². The van der Waals surface area contributed by atoms with Gasteiger partial charge in [0.15, 0.2) is 0 Å². The SMILES string of the molecule is N#COc1c2c(cc3c1CCC3)CCC2.[N-]=[N+]=NCCCS(=O)(=O)NC(=O)Nc1c2c(cc3c1CCC3)CCC2.[N-]=[N+]=NCCCS(N)(=O)=O.